The van der Waals surface area contributed by atoms with Crippen LogP contribution in [0.4, 0.5) is 32.0 Å². The number of anilines is 1. The molecule has 0 aliphatic carbocycles. The van der Waals surface area contributed by atoms with Crippen molar-refractivity contribution in [3.63, 3.8) is 0 Å². The highest BCUT2D eigenvalue weighted by atomic mass is 32.2. The molecule has 0 amide bonds. The lowest BCUT2D eigenvalue weighted by Crippen LogP contribution is -2.18. The molecule has 3 aromatic rings. The van der Waals surface area contributed by atoms with Gasteiger partial charge in [0.1, 0.15) is 4.90 Å². The number of hydrogen-bond donors (Lipinski definition) is 1. The van der Waals surface area contributed by atoms with E-state index in [4.69, 9.17) is 0 Å². The number of benzene rings is 2. The lowest BCUT2D eigenvalue weighted by atomic mass is 10.1. The third-order valence-corrected chi connectivity index (χ3v) is 8.13. The Labute approximate surface area is 182 Å². The summed E-state index contributed by atoms with van der Waals surface area (Å²) >= 11 is 0.772. The molecule has 0 unspecified atom stereocenters. The zero-order chi connectivity index (χ0) is 23.9. The van der Waals surface area contributed by atoms with E-state index in [1.54, 1.807) is 10.8 Å². The lowest BCUT2D eigenvalue weighted by Gasteiger charge is -2.15. The Morgan fingerprint density at radius 3 is 1.75 bits per heavy atom. The number of thiophene rings is 1. The maximum Gasteiger partial charge on any atom is 0.416 e. The van der Waals surface area contributed by atoms with Crippen LogP contribution in [0.1, 0.15) is 11.1 Å². The van der Waals surface area contributed by atoms with E-state index in [1.165, 1.54) is 24.3 Å². The summed E-state index contributed by atoms with van der Waals surface area (Å²) in [6.45, 7) is 0. The fourth-order valence-electron chi connectivity index (χ4n) is 2.58. The van der Waals surface area contributed by atoms with Crippen molar-refractivity contribution >= 4 is 36.9 Å². The first-order chi connectivity index (χ1) is 14.6. The number of nitrogens with one attached hydrogen (secondary N) is 1. The molecule has 1 heterocycles. The Kier molecular flexibility index (Phi) is 6.08. The number of halogens is 6. The van der Waals surface area contributed by atoms with Gasteiger partial charge in [0.15, 0.2) is 0 Å². The standard InChI is InChI=1S/C18H11F6NO4S3/c19-17(20,21)11-6-12(18(22,23)24)8-14(7-11)32(28,29)25-15-9-30-10-16(15)31(26,27)13-4-2-1-3-5-13/h1-10,25H. The molecule has 0 atom stereocenters. The molecule has 0 radical (unpaired) electrons. The van der Waals surface area contributed by atoms with Gasteiger partial charge in [-0.2, -0.15) is 26.3 Å². The molecule has 5 nitrogen and oxygen atoms in total. The first kappa shape index (κ1) is 24.1. The lowest BCUT2D eigenvalue weighted by molar-refractivity contribution is -0.143. The number of rotatable bonds is 5. The maximum absolute atomic E-state index is 13.0. The molecule has 0 saturated heterocycles. The topological polar surface area (TPSA) is 80.3 Å². The summed E-state index contributed by atoms with van der Waals surface area (Å²) in [4.78, 5) is -2.01. The molecule has 0 aliphatic heterocycles. The molecule has 3 rings (SSSR count). The minimum absolute atomic E-state index is 0.0370. The van der Waals surface area contributed by atoms with Gasteiger partial charge < -0.3 is 0 Å². The van der Waals surface area contributed by atoms with Gasteiger partial charge in [-0.25, -0.2) is 16.8 Å². The quantitative estimate of drug-likeness (QED) is 0.461. The maximum atomic E-state index is 13.0. The average molecular weight is 515 g/mol. The van der Waals surface area contributed by atoms with Gasteiger partial charge in [0, 0.05) is 10.8 Å². The van der Waals surface area contributed by atoms with E-state index in [0.717, 1.165) is 22.1 Å². The third kappa shape index (κ3) is 4.91. The molecule has 0 aliphatic rings. The van der Waals surface area contributed by atoms with Crippen molar-refractivity contribution in [1.29, 1.82) is 0 Å². The van der Waals surface area contributed by atoms with Crippen molar-refractivity contribution in [2.24, 2.45) is 0 Å². The Bertz CT molecular complexity index is 1310. The second kappa shape index (κ2) is 8.08. The van der Waals surface area contributed by atoms with Crippen LogP contribution in [0.15, 0.2) is 74.0 Å². The summed E-state index contributed by atoms with van der Waals surface area (Å²) in [5, 5.41) is 2.15. The van der Waals surface area contributed by atoms with E-state index in [1.807, 2.05) is 0 Å². The van der Waals surface area contributed by atoms with Crippen LogP contribution in [0.25, 0.3) is 0 Å². The van der Waals surface area contributed by atoms with E-state index in [9.17, 15) is 43.2 Å². The van der Waals surface area contributed by atoms with Crippen LogP contribution in [0, 0.1) is 0 Å². The second-order valence-electron chi connectivity index (χ2n) is 6.31. The van der Waals surface area contributed by atoms with Crippen LogP contribution < -0.4 is 4.72 Å². The molecule has 1 aromatic heterocycles. The Balaban J connectivity index is 2.08. The highest BCUT2D eigenvalue weighted by Gasteiger charge is 2.38. The molecule has 0 saturated carbocycles. The normalized spacial score (nSPS) is 13.2. The van der Waals surface area contributed by atoms with Crippen molar-refractivity contribution in [1.82, 2.24) is 0 Å². The summed E-state index contributed by atoms with van der Waals surface area (Å²) in [5.74, 6) is 0. The van der Waals surface area contributed by atoms with Gasteiger partial charge in [-0.1, -0.05) is 18.2 Å². The fraction of sp³-hybridized carbons (Fsp3) is 0.111. The minimum atomic E-state index is -5.25. The average Bonchev–Trinajstić information content (AvgIpc) is 3.15. The Morgan fingerprint density at radius 1 is 0.719 bits per heavy atom. The summed E-state index contributed by atoms with van der Waals surface area (Å²) in [5.41, 5.74) is -4.16. The molecular weight excluding hydrogens is 504 g/mol. The molecule has 14 heteroatoms. The van der Waals surface area contributed by atoms with Crippen molar-refractivity contribution in [2.75, 3.05) is 4.72 Å². The van der Waals surface area contributed by atoms with Crippen LogP contribution in [-0.4, -0.2) is 16.8 Å². The van der Waals surface area contributed by atoms with E-state index < -0.39 is 58.8 Å². The van der Waals surface area contributed by atoms with Gasteiger partial charge in [-0.15, -0.1) is 11.3 Å². The van der Waals surface area contributed by atoms with Crippen molar-refractivity contribution in [3.05, 3.63) is 70.4 Å². The smallest absolute Gasteiger partial charge is 0.277 e. The molecule has 0 spiro atoms. The molecule has 32 heavy (non-hydrogen) atoms. The summed E-state index contributed by atoms with van der Waals surface area (Å²) < 4.78 is 131. The van der Waals surface area contributed by atoms with Gasteiger partial charge in [0.25, 0.3) is 10.0 Å². The third-order valence-electron chi connectivity index (χ3n) is 4.09. The van der Waals surface area contributed by atoms with Crippen molar-refractivity contribution in [2.45, 2.75) is 27.0 Å². The number of sulfonamides is 1. The minimum Gasteiger partial charge on any atom is -0.277 e. The number of alkyl halides is 6. The zero-order valence-corrected chi connectivity index (χ0v) is 17.8. The molecule has 172 valence electrons. The molecule has 0 fully saturated rings. The Hall–Kier alpha value is -2.58. The molecular formula is C18H11F6NO4S3. The number of sulfone groups is 1. The number of hydrogen-bond acceptors (Lipinski definition) is 5. The van der Waals surface area contributed by atoms with E-state index >= 15 is 0 Å². The van der Waals surface area contributed by atoms with Crippen molar-refractivity contribution < 1.29 is 43.2 Å². The SMILES string of the molecule is O=S(=O)(Nc1cscc1S(=O)(=O)c1ccccc1)c1cc(C(F)(F)F)cc(C(F)(F)F)c1. The summed E-state index contributed by atoms with van der Waals surface area (Å²) in [7, 11) is -9.24. The van der Waals surface area contributed by atoms with Crippen LogP contribution in [0.5, 0.6) is 0 Å². The predicted octanol–water partition coefficient (Wildman–Crippen LogP) is 5.42. The van der Waals surface area contributed by atoms with E-state index in [0.29, 0.717) is 0 Å². The van der Waals surface area contributed by atoms with E-state index in [-0.39, 0.29) is 23.1 Å². The van der Waals surface area contributed by atoms with Gasteiger partial charge in [-0.05, 0) is 30.3 Å². The highest BCUT2D eigenvalue weighted by molar-refractivity contribution is 7.93. The van der Waals surface area contributed by atoms with E-state index in [2.05, 4.69) is 0 Å². The van der Waals surface area contributed by atoms with Gasteiger partial charge >= 0.3 is 12.4 Å². The predicted molar refractivity (Wildman–Crippen MR) is 103 cm³/mol. The fourth-order valence-corrected chi connectivity index (χ4v) is 6.42. The first-order valence-electron chi connectivity index (χ1n) is 8.31. The van der Waals surface area contributed by atoms with Gasteiger partial charge in [-0.3, -0.25) is 4.72 Å². The summed E-state index contributed by atoms with van der Waals surface area (Å²) in [6, 6.07) is 6.73. The van der Waals surface area contributed by atoms with Crippen LogP contribution in [0.3, 0.4) is 0 Å². The highest BCUT2D eigenvalue weighted by Crippen LogP contribution is 2.38. The summed E-state index contributed by atoms with van der Waals surface area (Å²) in [6.07, 6.45) is -10.5. The largest absolute Gasteiger partial charge is 0.416 e. The van der Waals surface area contributed by atoms with Crippen LogP contribution >= 0.6 is 11.3 Å². The molecule has 1 N–H and O–H groups in total. The van der Waals surface area contributed by atoms with Gasteiger partial charge in [0.2, 0.25) is 9.84 Å². The zero-order valence-electron chi connectivity index (χ0n) is 15.4. The van der Waals surface area contributed by atoms with Gasteiger partial charge in [0.05, 0.1) is 26.6 Å². The second-order valence-corrected chi connectivity index (χ2v) is 10.7. The Morgan fingerprint density at radius 2 is 1.25 bits per heavy atom. The van der Waals surface area contributed by atoms with Crippen LogP contribution in [0.2, 0.25) is 0 Å². The molecule has 2 aromatic carbocycles. The first-order valence-corrected chi connectivity index (χ1v) is 12.2. The monoisotopic (exact) mass is 515 g/mol. The molecule has 0 bridgehead atoms. The van der Waals surface area contributed by atoms with Crippen LogP contribution in [-0.2, 0) is 32.2 Å². The van der Waals surface area contributed by atoms with Crippen molar-refractivity contribution in [3.8, 4) is 0 Å².